The van der Waals surface area contributed by atoms with Gasteiger partial charge in [0.15, 0.2) is 0 Å². The average Bonchev–Trinajstić information content (AvgIpc) is 2.19. The first-order valence-electron chi connectivity index (χ1n) is 4.43. The van der Waals surface area contributed by atoms with Crippen LogP contribution in [0.5, 0.6) is 0 Å². The first kappa shape index (κ1) is 8.74. The van der Waals surface area contributed by atoms with E-state index in [1.54, 1.807) is 11.2 Å². The largest absolute Gasteiger partial charge is 0.384 e. The second-order valence-corrected chi connectivity index (χ2v) is 3.20. The lowest BCUT2D eigenvalue weighted by Crippen LogP contribution is -2.08. The lowest BCUT2D eigenvalue weighted by atomic mass is 10.1. The SMILES string of the molecule is CN1C=C(c2ccc(N)nc2)CC=N1. The van der Waals surface area contributed by atoms with Gasteiger partial charge < -0.3 is 5.73 Å². The summed E-state index contributed by atoms with van der Waals surface area (Å²) >= 11 is 0. The van der Waals surface area contributed by atoms with Crippen molar-refractivity contribution >= 4 is 17.6 Å². The standard InChI is InChI=1S/C10H12N4/c1-14-7-9(4-5-13-14)8-2-3-10(11)12-6-8/h2-3,5-7H,4H2,1H3,(H2,11,12). The summed E-state index contributed by atoms with van der Waals surface area (Å²) in [5.74, 6) is 0.548. The molecule has 0 aromatic carbocycles. The van der Waals surface area contributed by atoms with Gasteiger partial charge in [-0.1, -0.05) is 0 Å². The predicted octanol–water partition coefficient (Wildman–Crippen LogP) is 1.33. The molecule has 0 unspecified atom stereocenters. The van der Waals surface area contributed by atoms with Crippen LogP contribution in [-0.4, -0.2) is 23.3 Å². The molecule has 2 rings (SSSR count). The van der Waals surface area contributed by atoms with E-state index in [1.165, 1.54) is 5.57 Å². The summed E-state index contributed by atoms with van der Waals surface area (Å²) in [6, 6.07) is 3.78. The van der Waals surface area contributed by atoms with Crippen molar-refractivity contribution in [1.29, 1.82) is 0 Å². The molecule has 1 aliphatic rings. The van der Waals surface area contributed by atoms with Gasteiger partial charge in [-0.25, -0.2) is 4.98 Å². The lowest BCUT2D eigenvalue weighted by molar-refractivity contribution is 0.488. The number of aromatic nitrogens is 1. The summed E-state index contributed by atoms with van der Waals surface area (Å²) in [6.07, 6.45) is 6.50. The molecule has 0 amide bonds. The minimum atomic E-state index is 0.548. The van der Waals surface area contributed by atoms with Crippen LogP contribution in [0.4, 0.5) is 5.82 Å². The Balaban J connectivity index is 2.27. The highest BCUT2D eigenvalue weighted by Crippen LogP contribution is 2.20. The van der Waals surface area contributed by atoms with Gasteiger partial charge in [0.1, 0.15) is 5.82 Å². The van der Waals surface area contributed by atoms with E-state index < -0.39 is 0 Å². The molecule has 0 fully saturated rings. The highest BCUT2D eigenvalue weighted by molar-refractivity contribution is 5.80. The molecule has 1 aliphatic heterocycles. The molecule has 4 heteroatoms. The van der Waals surface area contributed by atoms with Crippen LogP contribution in [0.2, 0.25) is 0 Å². The molecular formula is C10H12N4. The Morgan fingerprint density at radius 3 is 2.93 bits per heavy atom. The van der Waals surface area contributed by atoms with Crippen LogP contribution in [0.1, 0.15) is 12.0 Å². The monoisotopic (exact) mass is 188 g/mol. The van der Waals surface area contributed by atoms with Gasteiger partial charge in [0.2, 0.25) is 0 Å². The number of hydrogen-bond donors (Lipinski definition) is 1. The van der Waals surface area contributed by atoms with Crippen molar-refractivity contribution in [3.8, 4) is 0 Å². The molecule has 0 bridgehead atoms. The second-order valence-electron chi connectivity index (χ2n) is 3.20. The Labute approximate surface area is 82.7 Å². The molecule has 2 N–H and O–H groups in total. The van der Waals surface area contributed by atoms with Crippen LogP contribution >= 0.6 is 0 Å². The Morgan fingerprint density at radius 2 is 2.29 bits per heavy atom. The van der Waals surface area contributed by atoms with Gasteiger partial charge in [-0.05, 0) is 23.3 Å². The van der Waals surface area contributed by atoms with Crippen molar-refractivity contribution < 1.29 is 0 Å². The zero-order chi connectivity index (χ0) is 9.97. The van der Waals surface area contributed by atoms with Crippen molar-refractivity contribution in [2.24, 2.45) is 5.10 Å². The van der Waals surface area contributed by atoms with E-state index in [4.69, 9.17) is 5.73 Å². The summed E-state index contributed by atoms with van der Waals surface area (Å²) in [4.78, 5) is 4.05. The molecule has 4 nitrogen and oxygen atoms in total. The third kappa shape index (κ3) is 1.74. The van der Waals surface area contributed by atoms with Gasteiger partial charge in [-0.2, -0.15) is 5.10 Å². The fraction of sp³-hybridized carbons (Fsp3) is 0.200. The van der Waals surface area contributed by atoms with Crippen LogP contribution in [0.15, 0.2) is 29.6 Å². The smallest absolute Gasteiger partial charge is 0.123 e. The minimum absolute atomic E-state index is 0.548. The van der Waals surface area contributed by atoms with Crippen LogP contribution in [0, 0.1) is 0 Å². The first-order chi connectivity index (χ1) is 6.75. The summed E-state index contributed by atoms with van der Waals surface area (Å²) < 4.78 is 0. The Hall–Kier alpha value is -1.84. The maximum absolute atomic E-state index is 5.52. The molecule has 0 aliphatic carbocycles. The fourth-order valence-corrected chi connectivity index (χ4v) is 1.37. The molecule has 2 heterocycles. The number of nitrogens with zero attached hydrogens (tertiary/aromatic N) is 3. The molecule has 0 atom stereocenters. The van der Waals surface area contributed by atoms with Crippen LogP contribution in [0.25, 0.3) is 5.57 Å². The highest BCUT2D eigenvalue weighted by atomic mass is 15.4. The Morgan fingerprint density at radius 1 is 1.43 bits per heavy atom. The predicted molar refractivity (Wildman–Crippen MR) is 57.5 cm³/mol. The van der Waals surface area contributed by atoms with Gasteiger partial charge in [0.25, 0.3) is 0 Å². The molecule has 0 saturated heterocycles. The van der Waals surface area contributed by atoms with E-state index >= 15 is 0 Å². The topological polar surface area (TPSA) is 54.5 Å². The molecule has 0 spiro atoms. The van der Waals surface area contributed by atoms with Gasteiger partial charge in [0.05, 0.1) is 0 Å². The van der Waals surface area contributed by atoms with Gasteiger partial charge >= 0.3 is 0 Å². The quantitative estimate of drug-likeness (QED) is 0.723. The second kappa shape index (κ2) is 3.49. The number of nitrogens with two attached hydrogens (primary N) is 1. The van der Waals surface area contributed by atoms with Crippen LogP contribution in [0.3, 0.4) is 0 Å². The zero-order valence-corrected chi connectivity index (χ0v) is 8.01. The Kier molecular flexibility index (Phi) is 2.18. The lowest BCUT2D eigenvalue weighted by Gasteiger charge is -2.15. The van der Waals surface area contributed by atoms with E-state index in [-0.39, 0.29) is 0 Å². The van der Waals surface area contributed by atoms with Crippen molar-refractivity contribution in [3.63, 3.8) is 0 Å². The number of pyridine rings is 1. The maximum Gasteiger partial charge on any atom is 0.123 e. The molecule has 14 heavy (non-hydrogen) atoms. The van der Waals surface area contributed by atoms with Gasteiger partial charge in [0, 0.05) is 32.1 Å². The summed E-state index contributed by atoms with van der Waals surface area (Å²) in [5, 5.41) is 5.90. The van der Waals surface area contributed by atoms with Crippen molar-refractivity contribution in [2.75, 3.05) is 12.8 Å². The van der Waals surface area contributed by atoms with E-state index in [9.17, 15) is 0 Å². The fourth-order valence-electron chi connectivity index (χ4n) is 1.37. The number of hydrogen-bond acceptors (Lipinski definition) is 4. The number of anilines is 1. The minimum Gasteiger partial charge on any atom is -0.384 e. The van der Waals surface area contributed by atoms with Crippen LogP contribution < -0.4 is 5.73 Å². The summed E-state index contributed by atoms with van der Waals surface area (Å²) in [7, 11) is 1.90. The van der Waals surface area contributed by atoms with Crippen molar-refractivity contribution in [2.45, 2.75) is 6.42 Å². The number of allylic oxidation sites excluding steroid dienone is 1. The highest BCUT2D eigenvalue weighted by Gasteiger charge is 2.05. The molecule has 1 aromatic heterocycles. The van der Waals surface area contributed by atoms with E-state index in [1.807, 2.05) is 31.6 Å². The number of hydrazone groups is 1. The van der Waals surface area contributed by atoms with Gasteiger partial charge in [-0.3, -0.25) is 5.01 Å². The number of nitrogen functional groups attached to an aromatic ring is 1. The van der Waals surface area contributed by atoms with E-state index in [0.717, 1.165) is 12.0 Å². The molecular weight excluding hydrogens is 176 g/mol. The maximum atomic E-state index is 5.52. The molecule has 0 radical (unpaired) electrons. The van der Waals surface area contributed by atoms with Gasteiger partial charge in [-0.15, -0.1) is 0 Å². The zero-order valence-electron chi connectivity index (χ0n) is 8.01. The summed E-state index contributed by atoms with van der Waals surface area (Å²) in [6.45, 7) is 0. The van der Waals surface area contributed by atoms with E-state index in [0.29, 0.717) is 5.82 Å². The first-order valence-corrected chi connectivity index (χ1v) is 4.43. The summed E-state index contributed by atoms with van der Waals surface area (Å²) in [5.41, 5.74) is 7.81. The average molecular weight is 188 g/mol. The molecule has 1 aromatic rings. The van der Waals surface area contributed by atoms with E-state index in [2.05, 4.69) is 10.1 Å². The van der Waals surface area contributed by atoms with Crippen molar-refractivity contribution in [1.82, 2.24) is 9.99 Å². The van der Waals surface area contributed by atoms with Crippen LogP contribution in [-0.2, 0) is 0 Å². The third-order valence-electron chi connectivity index (χ3n) is 2.07. The molecule has 72 valence electrons. The molecule has 0 saturated carbocycles. The normalized spacial score (nSPS) is 15.5. The third-order valence-corrected chi connectivity index (χ3v) is 2.07. The number of rotatable bonds is 1. The van der Waals surface area contributed by atoms with Crippen molar-refractivity contribution in [3.05, 3.63) is 30.1 Å². The Bertz CT molecular complexity index is 378.